The highest BCUT2D eigenvalue weighted by Gasteiger charge is 2.38. The molecule has 2 aliphatic carbocycles. The molecule has 9 heterocycles. The van der Waals surface area contributed by atoms with Gasteiger partial charge in [-0.05, 0) is 107 Å². The number of likely N-dealkylation sites (N-methyl/N-ethyl adjacent to an activating group) is 2. The first-order chi connectivity index (χ1) is 48.4. The van der Waals surface area contributed by atoms with Crippen molar-refractivity contribution >= 4 is 112 Å². The first kappa shape index (κ1) is 67.4. The second-order valence-electron chi connectivity index (χ2n) is 25.4. The summed E-state index contributed by atoms with van der Waals surface area (Å²) in [5.74, 6) is 1.63. The molecule has 8 aromatic rings. The zero-order valence-electron chi connectivity index (χ0n) is 56.0. The zero-order chi connectivity index (χ0) is 70.2. The molecule has 28 heteroatoms. The van der Waals surface area contributed by atoms with Crippen LogP contribution in [0.3, 0.4) is 0 Å². The molecule has 3 fully saturated rings. The summed E-state index contributed by atoms with van der Waals surface area (Å²) in [6, 6.07) is 14.4. The van der Waals surface area contributed by atoms with Crippen LogP contribution in [0.4, 0.5) is 0 Å². The molecule has 15 rings (SSSR count). The molecule has 0 unspecified atom stereocenters. The van der Waals surface area contributed by atoms with Gasteiger partial charge >= 0.3 is 5.97 Å². The fraction of sp³-hybridized carbons (Fsp3) is 0.389. The van der Waals surface area contributed by atoms with Crippen molar-refractivity contribution in [2.75, 3.05) is 82.3 Å². The molecule has 1 saturated heterocycles. The van der Waals surface area contributed by atoms with E-state index in [4.69, 9.17) is 47.7 Å². The Hall–Kier alpha value is -11.2. The molecule has 0 atom stereocenters. The van der Waals surface area contributed by atoms with E-state index in [1.807, 2.05) is 37.4 Å². The lowest BCUT2D eigenvalue weighted by Gasteiger charge is -2.32. The number of nitrogens with zero attached hydrogens (tertiary/aromatic N) is 8. The quantitative estimate of drug-likeness (QED) is 0.0738. The molecule has 100 heavy (non-hydrogen) atoms. The third-order valence-corrected chi connectivity index (χ3v) is 19.7. The Morgan fingerprint density at radius 3 is 1.30 bits per heavy atom. The fourth-order valence-corrected chi connectivity index (χ4v) is 14.2. The SMILES string of the molecule is CNCCn1c(=O)c2cc(OC)c(OC)cc2c2cnc3cc4c(cc3c21)OCO4.COc1cc2c(=O)n(CCN(C)C(=O)C3CCC(CN4C(=O)C=CC4=O)CC3)c3c4cc5c(cc4ncc3c2cc1OC)OCO5.O=C(ON1C(=O)CCC1=O)C1CCC(CN2C(=O)C=CC2=O)CC1. The monoisotopic (exact) mass is 1370 g/mol. The predicted molar refractivity (Wildman–Crippen MR) is 362 cm³/mol. The van der Waals surface area contributed by atoms with Gasteiger partial charge in [0, 0.05) is 146 Å². The molecule has 7 aliphatic rings. The Kier molecular flexibility index (Phi) is 19.1. The van der Waals surface area contributed by atoms with Crippen molar-refractivity contribution in [3.63, 3.8) is 0 Å². The number of pyridine rings is 4. The van der Waals surface area contributed by atoms with Crippen LogP contribution in [0.2, 0.25) is 0 Å². The zero-order valence-corrected chi connectivity index (χ0v) is 56.0. The molecule has 0 radical (unpaired) electrons. The Labute approximate surface area is 570 Å². The van der Waals surface area contributed by atoms with Crippen LogP contribution in [0.5, 0.6) is 46.0 Å². The number of ether oxygens (including phenoxy) is 8. The molecule has 0 spiro atoms. The van der Waals surface area contributed by atoms with Crippen molar-refractivity contribution in [1.82, 2.24) is 44.2 Å². The Bertz CT molecular complexity index is 4860. The summed E-state index contributed by atoms with van der Waals surface area (Å²) in [6.07, 6.45) is 14.1. The van der Waals surface area contributed by atoms with Gasteiger partial charge < -0.3 is 62.1 Å². The van der Waals surface area contributed by atoms with Crippen molar-refractivity contribution in [3.05, 3.63) is 106 Å². The lowest BCUT2D eigenvalue weighted by molar-refractivity contribution is -0.201. The lowest BCUT2D eigenvalue weighted by Crippen LogP contribution is -2.40. The van der Waals surface area contributed by atoms with Crippen LogP contribution in [0.25, 0.3) is 65.2 Å². The molecular formula is C72H73N9O19. The number of aromatic nitrogens is 4. The van der Waals surface area contributed by atoms with Crippen molar-refractivity contribution in [2.45, 2.75) is 77.3 Å². The Morgan fingerprint density at radius 1 is 0.500 bits per heavy atom. The standard InChI is InChI=1S/C34H34N4O8.C22H21N3O5.C16H18N2O6/c1-36(33(41)20-6-4-19(5-7-20)17-38-30(39)8-9-31(38)40)10-11-37-32-23-14-28-29(46-18-45-28)15-25(23)35-16-24(32)21-12-26(43-2)27(44-3)13-22(21)34(37)42;1-23-4-5-25-21-14-8-19-20(30-11-29-19)9-16(14)24-10-15(21)12-6-17(27-2)18(28-3)7-13(12)22(25)26;19-12-5-6-13(20)17(12)9-10-1-3-11(4-2-10)16(23)24-18-14(21)7-8-15(18)22/h8-9,12-16,19-20H,4-7,10-11,17-18H2,1-3H3;6-10,23H,4-5,11H2,1-3H3;5-6,10-11H,1-4,7-9H2. The van der Waals surface area contributed by atoms with Crippen LogP contribution in [-0.2, 0) is 56.3 Å². The highest BCUT2D eigenvalue weighted by Crippen LogP contribution is 2.43. The number of benzene rings is 4. The maximum Gasteiger partial charge on any atom is 0.336 e. The number of imide groups is 3. The topological polar surface area (TPSA) is 314 Å². The van der Waals surface area contributed by atoms with Crippen molar-refractivity contribution < 1.29 is 81.1 Å². The molecule has 0 bridgehead atoms. The number of methoxy groups -OCH3 is 4. The highest BCUT2D eigenvalue weighted by molar-refractivity contribution is 6.17. The molecule has 1 N–H and O–H groups in total. The molecule has 28 nitrogen and oxygen atoms in total. The third kappa shape index (κ3) is 12.9. The van der Waals surface area contributed by atoms with E-state index in [-0.39, 0.29) is 97.3 Å². The van der Waals surface area contributed by atoms with Crippen LogP contribution < -0.4 is 54.3 Å². The molecule has 4 aromatic heterocycles. The first-order valence-electron chi connectivity index (χ1n) is 33.0. The summed E-state index contributed by atoms with van der Waals surface area (Å²) in [4.78, 5) is 142. The fourth-order valence-electron chi connectivity index (χ4n) is 14.2. The largest absolute Gasteiger partial charge is 0.493 e. The minimum atomic E-state index is -0.563. The maximum atomic E-state index is 14.2. The number of fused-ring (bicyclic) bond motifs is 12. The summed E-state index contributed by atoms with van der Waals surface area (Å²) >= 11 is 0. The van der Waals surface area contributed by atoms with Crippen molar-refractivity contribution in [1.29, 1.82) is 0 Å². The second kappa shape index (κ2) is 28.4. The smallest absolute Gasteiger partial charge is 0.336 e. The molecule has 520 valence electrons. The minimum absolute atomic E-state index is 0.0212. The van der Waals surface area contributed by atoms with E-state index in [1.165, 1.54) is 41.2 Å². The minimum Gasteiger partial charge on any atom is -0.493 e. The number of nitrogens with one attached hydrogen (secondary N) is 1. The van der Waals surface area contributed by atoms with Gasteiger partial charge in [-0.15, -0.1) is 5.06 Å². The van der Waals surface area contributed by atoms with Gasteiger partial charge in [-0.2, -0.15) is 0 Å². The normalized spacial score (nSPS) is 19.2. The predicted octanol–water partition coefficient (Wildman–Crippen LogP) is 6.63. The summed E-state index contributed by atoms with van der Waals surface area (Å²) in [7, 11) is 9.84. The lowest BCUT2D eigenvalue weighted by atomic mass is 9.81. The van der Waals surface area contributed by atoms with Gasteiger partial charge in [0.2, 0.25) is 19.5 Å². The number of carbonyl (C=O) groups excluding carboxylic acids is 8. The van der Waals surface area contributed by atoms with Gasteiger partial charge in [-0.1, -0.05) is 0 Å². The van der Waals surface area contributed by atoms with Crippen LogP contribution >= 0.6 is 0 Å². The summed E-state index contributed by atoms with van der Waals surface area (Å²) in [5, 5.41) is 9.30. The van der Waals surface area contributed by atoms with Gasteiger partial charge in [-0.3, -0.25) is 62.9 Å². The van der Waals surface area contributed by atoms with E-state index in [1.54, 1.807) is 73.0 Å². The van der Waals surface area contributed by atoms with Crippen molar-refractivity contribution in [3.8, 4) is 46.0 Å². The van der Waals surface area contributed by atoms with Crippen LogP contribution in [0.15, 0.2) is 94.8 Å². The van der Waals surface area contributed by atoms with Crippen molar-refractivity contribution in [2.24, 2.45) is 23.7 Å². The van der Waals surface area contributed by atoms with Gasteiger partial charge in [0.05, 0.1) is 67.2 Å². The van der Waals surface area contributed by atoms with Crippen LogP contribution in [-0.4, -0.2) is 168 Å². The number of hydroxylamine groups is 2. The van der Waals surface area contributed by atoms with E-state index in [0.717, 1.165) is 50.8 Å². The molecule has 2 saturated carbocycles. The third-order valence-electron chi connectivity index (χ3n) is 19.7. The van der Waals surface area contributed by atoms with Gasteiger partial charge in [0.25, 0.3) is 46.6 Å². The molecule has 7 amide bonds. The molecular weight excluding hydrogens is 1290 g/mol. The van der Waals surface area contributed by atoms with E-state index >= 15 is 0 Å². The Morgan fingerprint density at radius 2 is 0.890 bits per heavy atom. The van der Waals surface area contributed by atoms with Gasteiger partial charge in [0.1, 0.15) is 0 Å². The summed E-state index contributed by atoms with van der Waals surface area (Å²) in [5.41, 5.74) is 2.55. The van der Waals surface area contributed by atoms with E-state index in [0.29, 0.717) is 150 Å². The van der Waals surface area contributed by atoms with E-state index in [9.17, 15) is 47.9 Å². The van der Waals surface area contributed by atoms with Gasteiger partial charge in [0.15, 0.2) is 46.0 Å². The average molecular weight is 1370 g/mol. The highest BCUT2D eigenvalue weighted by atomic mass is 16.7. The number of rotatable bonds is 17. The number of hydrogen-bond donors (Lipinski definition) is 1. The maximum absolute atomic E-state index is 14.2. The molecule has 4 aromatic carbocycles. The second-order valence-corrected chi connectivity index (χ2v) is 25.4. The number of carbonyl (C=O) groups is 8. The van der Waals surface area contributed by atoms with Crippen LogP contribution in [0, 0.1) is 23.7 Å². The van der Waals surface area contributed by atoms with Gasteiger partial charge in [-0.25, -0.2) is 4.79 Å². The van der Waals surface area contributed by atoms with E-state index in [2.05, 4.69) is 10.3 Å². The van der Waals surface area contributed by atoms with E-state index < -0.39 is 17.8 Å². The number of amides is 7. The summed E-state index contributed by atoms with van der Waals surface area (Å²) in [6.45, 7) is 2.73. The molecule has 5 aliphatic heterocycles. The first-order valence-corrected chi connectivity index (χ1v) is 33.0. The summed E-state index contributed by atoms with van der Waals surface area (Å²) < 4.78 is 47.8. The van der Waals surface area contributed by atoms with Crippen LogP contribution in [0.1, 0.15) is 64.2 Å². The number of hydrogen-bond acceptors (Lipinski definition) is 22. The average Bonchev–Trinajstić information content (AvgIpc) is 0.860. The Balaban J connectivity index is 0.000000143.